The van der Waals surface area contributed by atoms with Gasteiger partial charge in [-0.05, 0) is 13.8 Å². The fourth-order valence-electron chi connectivity index (χ4n) is 0.890. The Morgan fingerprint density at radius 2 is 2.00 bits per heavy atom. The van der Waals surface area contributed by atoms with E-state index in [9.17, 15) is 9.59 Å². The molecule has 0 aromatic rings. The Morgan fingerprint density at radius 1 is 1.42 bits per heavy atom. The highest BCUT2D eigenvalue weighted by Crippen LogP contribution is 2.04. The van der Waals surface area contributed by atoms with Gasteiger partial charge in [-0.2, -0.15) is 0 Å². The first-order chi connectivity index (χ1) is 5.57. The third-order valence-electron chi connectivity index (χ3n) is 1.59. The topological polar surface area (TPSA) is 43.4 Å². The van der Waals surface area contributed by atoms with Crippen LogP contribution < -0.4 is 0 Å². The summed E-state index contributed by atoms with van der Waals surface area (Å²) in [6, 6.07) is 0. The quantitative estimate of drug-likeness (QED) is 0.604. The summed E-state index contributed by atoms with van der Waals surface area (Å²) in [6.07, 6.45) is 0.325. The first-order valence-corrected chi connectivity index (χ1v) is 4.17. The van der Waals surface area contributed by atoms with E-state index in [2.05, 4.69) is 0 Å². The van der Waals surface area contributed by atoms with Gasteiger partial charge in [-0.1, -0.05) is 6.92 Å². The molecule has 0 rings (SSSR count). The molecule has 1 atom stereocenters. The van der Waals surface area contributed by atoms with E-state index in [4.69, 9.17) is 4.74 Å². The molecule has 0 saturated heterocycles. The number of hydrogen-bond acceptors (Lipinski definition) is 3. The summed E-state index contributed by atoms with van der Waals surface area (Å²) >= 11 is 0. The minimum Gasteiger partial charge on any atom is -0.374 e. The van der Waals surface area contributed by atoms with Crippen LogP contribution in [0.3, 0.4) is 0 Å². The molecule has 0 aliphatic carbocycles. The molecule has 0 N–H and O–H groups in total. The van der Waals surface area contributed by atoms with Crippen LogP contribution >= 0.6 is 0 Å². The summed E-state index contributed by atoms with van der Waals surface area (Å²) < 4.78 is 4.94. The summed E-state index contributed by atoms with van der Waals surface area (Å²) in [5, 5.41) is 0. The van der Waals surface area contributed by atoms with Crippen LogP contribution in [0.5, 0.6) is 0 Å². The van der Waals surface area contributed by atoms with E-state index in [0.717, 1.165) is 0 Å². The van der Waals surface area contributed by atoms with Crippen LogP contribution in [-0.4, -0.2) is 24.8 Å². The van der Waals surface area contributed by atoms with E-state index in [1.165, 1.54) is 6.92 Å². The average molecular weight is 172 g/mol. The van der Waals surface area contributed by atoms with Gasteiger partial charge in [0.15, 0.2) is 5.78 Å². The van der Waals surface area contributed by atoms with Crippen molar-refractivity contribution < 1.29 is 14.3 Å². The van der Waals surface area contributed by atoms with Crippen LogP contribution in [0.4, 0.5) is 0 Å². The number of carbonyl (C=O) groups excluding carboxylic acids is 2. The molecule has 0 heterocycles. The highest BCUT2D eigenvalue weighted by molar-refractivity contribution is 5.87. The normalized spacial score (nSPS) is 12.6. The lowest BCUT2D eigenvalue weighted by Gasteiger charge is -2.07. The van der Waals surface area contributed by atoms with Crippen molar-refractivity contribution in [2.75, 3.05) is 13.2 Å². The summed E-state index contributed by atoms with van der Waals surface area (Å²) in [5.41, 5.74) is 0. The third kappa shape index (κ3) is 5.02. The smallest absolute Gasteiger partial charge is 0.161 e. The van der Waals surface area contributed by atoms with Crippen LogP contribution in [0.2, 0.25) is 0 Å². The predicted molar refractivity (Wildman–Crippen MR) is 46.0 cm³/mol. The number of rotatable bonds is 6. The molecule has 70 valence electrons. The fourth-order valence-corrected chi connectivity index (χ4v) is 0.890. The fraction of sp³-hybridized carbons (Fsp3) is 0.778. The Kier molecular flexibility index (Phi) is 5.54. The van der Waals surface area contributed by atoms with Gasteiger partial charge in [0.2, 0.25) is 0 Å². The molecule has 0 fully saturated rings. The Bertz CT molecular complexity index is 163. The molecule has 0 amide bonds. The van der Waals surface area contributed by atoms with Gasteiger partial charge in [0, 0.05) is 18.9 Å². The molecule has 0 spiro atoms. The van der Waals surface area contributed by atoms with Gasteiger partial charge in [0.1, 0.15) is 12.4 Å². The molecule has 0 aliphatic heterocycles. The Balaban J connectivity index is 3.69. The standard InChI is InChI=1S/C9H16O3/c1-4-12-6-9(11)7(2)5-8(3)10/h7H,4-6H2,1-3H3. The largest absolute Gasteiger partial charge is 0.374 e. The van der Waals surface area contributed by atoms with Crippen molar-refractivity contribution >= 4 is 11.6 Å². The Morgan fingerprint density at radius 3 is 2.42 bits per heavy atom. The Hall–Kier alpha value is -0.700. The van der Waals surface area contributed by atoms with Gasteiger partial charge in [-0.25, -0.2) is 0 Å². The van der Waals surface area contributed by atoms with Crippen molar-refractivity contribution in [2.24, 2.45) is 5.92 Å². The second kappa shape index (κ2) is 5.89. The van der Waals surface area contributed by atoms with Crippen LogP contribution in [-0.2, 0) is 14.3 Å². The highest BCUT2D eigenvalue weighted by Gasteiger charge is 2.14. The zero-order valence-electron chi connectivity index (χ0n) is 7.92. The minimum atomic E-state index is -0.200. The maximum absolute atomic E-state index is 11.2. The van der Waals surface area contributed by atoms with E-state index < -0.39 is 0 Å². The van der Waals surface area contributed by atoms with Crippen molar-refractivity contribution in [3.8, 4) is 0 Å². The number of Topliss-reactive ketones (excluding diaryl/α,β-unsaturated/α-hetero) is 2. The summed E-state index contributed by atoms with van der Waals surface area (Å²) in [4.78, 5) is 21.8. The zero-order chi connectivity index (χ0) is 9.56. The molecule has 0 saturated carbocycles. The molecule has 3 heteroatoms. The van der Waals surface area contributed by atoms with Crippen LogP contribution in [0.25, 0.3) is 0 Å². The van der Waals surface area contributed by atoms with Gasteiger partial charge < -0.3 is 9.53 Å². The van der Waals surface area contributed by atoms with Gasteiger partial charge in [-0.15, -0.1) is 0 Å². The average Bonchev–Trinajstić information content (AvgIpc) is 1.98. The SMILES string of the molecule is CCOCC(=O)C(C)CC(C)=O. The van der Waals surface area contributed by atoms with E-state index >= 15 is 0 Å². The zero-order valence-corrected chi connectivity index (χ0v) is 7.92. The van der Waals surface area contributed by atoms with Crippen molar-refractivity contribution in [3.63, 3.8) is 0 Å². The van der Waals surface area contributed by atoms with Crippen molar-refractivity contribution in [2.45, 2.75) is 27.2 Å². The van der Waals surface area contributed by atoms with Gasteiger partial charge in [0.25, 0.3) is 0 Å². The van der Waals surface area contributed by atoms with Gasteiger partial charge in [0.05, 0.1) is 0 Å². The summed E-state index contributed by atoms with van der Waals surface area (Å²) in [5.74, 6) is -0.145. The lowest BCUT2D eigenvalue weighted by molar-refractivity contribution is -0.130. The van der Waals surface area contributed by atoms with Crippen LogP contribution in [0.15, 0.2) is 0 Å². The van der Waals surface area contributed by atoms with Gasteiger partial charge >= 0.3 is 0 Å². The van der Waals surface area contributed by atoms with Crippen LogP contribution in [0, 0.1) is 5.92 Å². The number of ether oxygens (including phenoxy) is 1. The maximum atomic E-state index is 11.2. The van der Waals surface area contributed by atoms with E-state index in [0.29, 0.717) is 13.0 Å². The molecular formula is C9H16O3. The maximum Gasteiger partial charge on any atom is 0.161 e. The molecule has 0 aromatic heterocycles. The first kappa shape index (κ1) is 11.3. The highest BCUT2D eigenvalue weighted by atomic mass is 16.5. The second-order valence-corrected chi connectivity index (χ2v) is 2.91. The molecular weight excluding hydrogens is 156 g/mol. The van der Waals surface area contributed by atoms with Crippen molar-refractivity contribution in [1.29, 1.82) is 0 Å². The molecule has 0 aromatic carbocycles. The van der Waals surface area contributed by atoms with E-state index in [1.54, 1.807) is 6.92 Å². The molecule has 3 nitrogen and oxygen atoms in total. The second-order valence-electron chi connectivity index (χ2n) is 2.91. The monoisotopic (exact) mass is 172 g/mol. The lowest BCUT2D eigenvalue weighted by Crippen LogP contribution is -2.19. The molecule has 0 aliphatic rings. The summed E-state index contributed by atoms with van der Waals surface area (Å²) in [6.45, 7) is 5.75. The van der Waals surface area contributed by atoms with E-state index in [-0.39, 0.29) is 24.1 Å². The molecule has 12 heavy (non-hydrogen) atoms. The summed E-state index contributed by atoms with van der Waals surface area (Å²) in [7, 11) is 0. The van der Waals surface area contributed by atoms with Gasteiger partial charge in [-0.3, -0.25) is 4.79 Å². The number of ketones is 2. The molecule has 1 unspecified atom stereocenters. The molecule has 0 bridgehead atoms. The predicted octanol–water partition coefficient (Wildman–Crippen LogP) is 1.21. The van der Waals surface area contributed by atoms with Crippen LogP contribution in [0.1, 0.15) is 27.2 Å². The van der Waals surface area contributed by atoms with Crippen molar-refractivity contribution in [1.82, 2.24) is 0 Å². The third-order valence-corrected chi connectivity index (χ3v) is 1.59. The van der Waals surface area contributed by atoms with Crippen molar-refractivity contribution in [3.05, 3.63) is 0 Å². The van der Waals surface area contributed by atoms with E-state index in [1.807, 2.05) is 6.92 Å². The first-order valence-electron chi connectivity index (χ1n) is 4.17. The minimum absolute atomic E-state index is 0.00653. The lowest BCUT2D eigenvalue weighted by atomic mass is 10.0. The molecule has 0 radical (unpaired) electrons. The number of carbonyl (C=O) groups is 2. The number of hydrogen-bond donors (Lipinski definition) is 0. The Labute approximate surface area is 73.1 Å².